The van der Waals surface area contributed by atoms with E-state index in [2.05, 4.69) is 20.6 Å². The molecule has 4 amide bonds. The Morgan fingerprint density at radius 3 is 1.43 bits per heavy atom. The van der Waals surface area contributed by atoms with Crippen LogP contribution in [0.4, 0.5) is 20.2 Å². The summed E-state index contributed by atoms with van der Waals surface area (Å²) in [5, 5.41) is 6.04. The summed E-state index contributed by atoms with van der Waals surface area (Å²) in [5.41, 5.74) is 9.85. The van der Waals surface area contributed by atoms with Crippen LogP contribution >= 0.6 is 0 Å². The first kappa shape index (κ1) is 36.8. The minimum absolute atomic E-state index is 0.00548. The monoisotopic (exact) mass is 734 g/mol. The Morgan fingerprint density at radius 2 is 1.04 bits per heavy atom. The molecule has 4 heterocycles. The van der Waals surface area contributed by atoms with Crippen molar-refractivity contribution in [1.29, 1.82) is 0 Å². The summed E-state index contributed by atoms with van der Waals surface area (Å²) in [4.78, 5) is 59.0. The third kappa shape index (κ3) is 6.85. The average molecular weight is 735 g/mol. The van der Waals surface area contributed by atoms with Gasteiger partial charge in [-0.1, -0.05) is 13.8 Å². The van der Waals surface area contributed by atoms with E-state index in [4.69, 9.17) is 0 Å². The van der Waals surface area contributed by atoms with E-state index in [1.54, 1.807) is 38.9 Å². The topological polar surface area (TPSA) is 125 Å². The summed E-state index contributed by atoms with van der Waals surface area (Å²) in [6, 6.07) is 6.47. The van der Waals surface area contributed by atoms with Crippen molar-refractivity contribution in [3.8, 4) is 22.3 Å². The van der Waals surface area contributed by atoms with E-state index in [1.165, 1.54) is 21.9 Å². The Morgan fingerprint density at radius 1 is 0.630 bits per heavy atom. The number of nitrogens with zero attached hydrogens (tertiary/aromatic N) is 4. The van der Waals surface area contributed by atoms with Gasteiger partial charge in [-0.15, -0.1) is 0 Å². The highest BCUT2D eigenvalue weighted by Gasteiger charge is 2.31. The summed E-state index contributed by atoms with van der Waals surface area (Å²) < 4.78 is 29.9. The second-order valence-corrected chi connectivity index (χ2v) is 14.4. The number of hydrogen-bond acceptors (Lipinski definition) is 6. The Balaban J connectivity index is 0.000000167. The number of halogens is 2. The van der Waals surface area contributed by atoms with Crippen molar-refractivity contribution < 1.29 is 28.0 Å². The van der Waals surface area contributed by atoms with E-state index in [0.717, 1.165) is 70.2 Å². The molecule has 0 spiro atoms. The lowest BCUT2D eigenvalue weighted by atomic mass is 9.93. The van der Waals surface area contributed by atoms with Crippen LogP contribution in [0.25, 0.3) is 22.3 Å². The first-order valence-corrected chi connectivity index (χ1v) is 18.7. The lowest BCUT2D eigenvalue weighted by Gasteiger charge is -2.26. The van der Waals surface area contributed by atoms with Crippen molar-refractivity contribution in [3.63, 3.8) is 0 Å². The molecule has 10 nitrogen and oxygen atoms in total. The van der Waals surface area contributed by atoms with Crippen molar-refractivity contribution in [2.75, 3.05) is 23.9 Å². The molecule has 0 radical (unpaired) electrons. The molecule has 8 rings (SSSR count). The van der Waals surface area contributed by atoms with Gasteiger partial charge in [0.25, 0.3) is 0 Å². The zero-order chi connectivity index (χ0) is 38.3. The lowest BCUT2D eigenvalue weighted by Crippen LogP contribution is -2.31. The molecule has 12 heteroatoms. The molecule has 4 aromatic rings. The number of rotatable bonds is 6. The summed E-state index contributed by atoms with van der Waals surface area (Å²) in [6.07, 6.45) is 13.1. The van der Waals surface area contributed by atoms with Gasteiger partial charge in [0, 0.05) is 98.2 Å². The molecule has 2 aliphatic carbocycles. The molecule has 2 unspecified atom stereocenters. The third-order valence-electron chi connectivity index (χ3n) is 11.2. The van der Waals surface area contributed by atoms with Crippen LogP contribution in [0.2, 0.25) is 0 Å². The highest BCUT2D eigenvalue weighted by atomic mass is 19.1. The van der Waals surface area contributed by atoms with Crippen molar-refractivity contribution in [2.45, 2.75) is 90.1 Å². The number of hydrogen-bond donors (Lipinski definition) is 2. The van der Waals surface area contributed by atoms with Gasteiger partial charge in [-0.2, -0.15) is 0 Å². The number of carbonyl (C=O) groups is 4. The summed E-state index contributed by atoms with van der Waals surface area (Å²) in [7, 11) is 3.37. The maximum absolute atomic E-state index is 15.0. The van der Waals surface area contributed by atoms with Gasteiger partial charge in [-0.05, 0) is 96.2 Å². The number of aromatic nitrogens is 2. The van der Waals surface area contributed by atoms with E-state index in [-0.39, 0.29) is 47.3 Å². The smallest absolute Gasteiger partial charge is 0.227 e. The number of carbonyl (C=O) groups excluding carboxylic acids is 4. The van der Waals surface area contributed by atoms with Crippen LogP contribution in [0.5, 0.6) is 0 Å². The fraction of sp³-hybridized carbons (Fsp3) is 0.381. The van der Waals surface area contributed by atoms with Gasteiger partial charge in [0.15, 0.2) is 0 Å². The Labute approximate surface area is 313 Å². The fourth-order valence-electron chi connectivity index (χ4n) is 8.15. The van der Waals surface area contributed by atoms with Crippen LogP contribution < -0.4 is 20.4 Å². The van der Waals surface area contributed by atoms with Gasteiger partial charge in [-0.25, -0.2) is 8.78 Å². The zero-order valence-electron chi connectivity index (χ0n) is 31.0. The SMILES string of the molecule is CCC(=O)NC1CCc2c(-c3cc4c(cc3F)N(C)C(=O)CC4)cncc21.CCC(=O)NC1CCc2c(-c3cc4c(cc3F)N(C)C(=O)CC4)cncc21. The number of benzene rings is 2. The maximum atomic E-state index is 15.0. The van der Waals surface area contributed by atoms with Gasteiger partial charge in [-0.3, -0.25) is 29.1 Å². The van der Waals surface area contributed by atoms with Crippen LogP contribution in [-0.4, -0.2) is 47.7 Å². The third-order valence-corrected chi connectivity index (χ3v) is 11.2. The van der Waals surface area contributed by atoms with Gasteiger partial charge in [0.05, 0.1) is 12.1 Å². The van der Waals surface area contributed by atoms with Crippen molar-refractivity contribution in [3.05, 3.63) is 94.1 Å². The molecule has 0 bridgehead atoms. The van der Waals surface area contributed by atoms with Crippen molar-refractivity contribution >= 4 is 35.0 Å². The molecule has 0 saturated heterocycles. The van der Waals surface area contributed by atoms with Crippen molar-refractivity contribution in [2.24, 2.45) is 0 Å². The molecule has 2 atom stereocenters. The van der Waals surface area contributed by atoms with E-state index < -0.39 is 0 Å². The molecular weight excluding hydrogens is 690 g/mol. The molecule has 280 valence electrons. The van der Waals surface area contributed by atoms with E-state index in [9.17, 15) is 28.0 Å². The van der Waals surface area contributed by atoms with Gasteiger partial charge in [0.2, 0.25) is 23.6 Å². The average Bonchev–Trinajstić information content (AvgIpc) is 3.79. The molecule has 2 aromatic carbocycles. The molecule has 0 saturated carbocycles. The Hall–Kier alpha value is -5.52. The Kier molecular flexibility index (Phi) is 10.3. The number of pyridine rings is 2. The molecule has 2 aliphatic heterocycles. The first-order chi connectivity index (χ1) is 26.0. The highest BCUT2D eigenvalue weighted by molar-refractivity contribution is 5.97. The normalized spacial score (nSPS) is 18.3. The fourth-order valence-corrected chi connectivity index (χ4v) is 8.15. The second kappa shape index (κ2) is 15.1. The van der Waals surface area contributed by atoms with Crippen LogP contribution in [0.3, 0.4) is 0 Å². The number of nitrogens with one attached hydrogen (secondary N) is 2. The van der Waals surface area contributed by atoms with Crippen LogP contribution in [-0.2, 0) is 44.9 Å². The summed E-state index contributed by atoms with van der Waals surface area (Å²) in [5.74, 6) is -0.687. The van der Waals surface area contributed by atoms with Crippen LogP contribution in [0.1, 0.15) is 97.8 Å². The number of anilines is 2. The minimum atomic E-state index is -0.355. The van der Waals surface area contributed by atoms with Gasteiger partial charge < -0.3 is 20.4 Å². The molecule has 2 N–H and O–H groups in total. The lowest BCUT2D eigenvalue weighted by molar-refractivity contribution is -0.122. The van der Waals surface area contributed by atoms with Gasteiger partial charge >= 0.3 is 0 Å². The van der Waals surface area contributed by atoms with Crippen LogP contribution in [0, 0.1) is 11.6 Å². The Bertz CT molecular complexity index is 2040. The number of aryl methyl sites for hydroxylation is 2. The predicted octanol–water partition coefficient (Wildman–Crippen LogP) is 6.62. The molecular formula is C42H44F2N6O4. The molecule has 4 aliphatic rings. The van der Waals surface area contributed by atoms with E-state index >= 15 is 0 Å². The predicted molar refractivity (Wildman–Crippen MR) is 202 cm³/mol. The van der Waals surface area contributed by atoms with Gasteiger partial charge in [0.1, 0.15) is 11.6 Å². The molecule has 0 fully saturated rings. The molecule has 54 heavy (non-hydrogen) atoms. The number of fused-ring (bicyclic) bond motifs is 4. The first-order valence-electron chi connectivity index (χ1n) is 18.7. The standard InChI is InChI=1S/2C21H22FN3O2/c2*1-3-20(26)24-18-6-5-13-15(10-23-11-16(13)18)14-8-12-4-7-21(27)25(2)19(12)9-17(14)22/h2*8-11,18H,3-7H2,1-2H3,(H,24,26). The number of amides is 4. The second-order valence-electron chi connectivity index (χ2n) is 14.4. The van der Waals surface area contributed by atoms with E-state index in [0.29, 0.717) is 61.0 Å². The van der Waals surface area contributed by atoms with Crippen LogP contribution in [0.15, 0.2) is 49.1 Å². The summed E-state index contributed by atoms with van der Waals surface area (Å²) >= 11 is 0. The van der Waals surface area contributed by atoms with Crippen molar-refractivity contribution in [1.82, 2.24) is 20.6 Å². The maximum Gasteiger partial charge on any atom is 0.227 e. The zero-order valence-corrected chi connectivity index (χ0v) is 31.0. The van der Waals surface area contributed by atoms with E-state index in [1.807, 2.05) is 26.0 Å². The highest BCUT2D eigenvalue weighted by Crippen LogP contribution is 2.42. The molecule has 2 aromatic heterocycles. The summed E-state index contributed by atoms with van der Waals surface area (Å²) in [6.45, 7) is 3.65. The minimum Gasteiger partial charge on any atom is -0.349 e. The quantitative estimate of drug-likeness (QED) is 0.230. The largest absolute Gasteiger partial charge is 0.349 e.